The number of rotatable bonds is 7. The molecule has 1 atom stereocenters. The van der Waals surface area contributed by atoms with Crippen LogP contribution >= 0.6 is 0 Å². The number of carbonyl (C=O) groups excluding carboxylic acids is 2. The molecule has 1 aliphatic rings. The first-order valence-electron chi connectivity index (χ1n) is 10.1. The van der Waals surface area contributed by atoms with Gasteiger partial charge in [0.25, 0.3) is 5.91 Å². The Morgan fingerprint density at radius 3 is 2.69 bits per heavy atom. The highest BCUT2D eigenvalue weighted by Gasteiger charge is 2.25. The third-order valence-electron chi connectivity index (χ3n) is 5.42. The van der Waals surface area contributed by atoms with E-state index in [9.17, 15) is 9.59 Å². The van der Waals surface area contributed by atoms with Gasteiger partial charge < -0.3 is 15.4 Å². The van der Waals surface area contributed by atoms with Crippen LogP contribution in [0.3, 0.4) is 0 Å². The van der Waals surface area contributed by atoms with Crippen LogP contribution in [0.2, 0.25) is 0 Å². The van der Waals surface area contributed by atoms with Crippen molar-refractivity contribution in [1.29, 1.82) is 0 Å². The molecule has 6 heteroatoms. The van der Waals surface area contributed by atoms with Crippen LogP contribution in [-0.2, 0) is 11.4 Å². The molecule has 0 spiro atoms. The van der Waals surface area contributed by atoms with Crippen LogP contribution in [0.4, 0.5) is 0 Å². The van der Waals surface area contributed by atoms with Crippen molar-refractivity contribution in [2.75, 3.05) is 13.1 Å². The van der Waals surface area contributed by atoms with Crippen molar-refractivity contribution in [1.82, 2.24) is 9.88 Å². The number of pyridine rings is 1. The molecule has 1 unspecified atom stereocenters. The summed E-state index contributed by atoms with van der Waals surface area (Å²) in [4.78, 5) is 30.1. The van der Waals surface area contributed by atoms with Gasteiger partial charge in [0.2, 0.25) is 5.91 Å². The maximum Gasteiger partial charge on any atom is 0.253 e. The number of nitrogens with zero attached hydrogens (tertiary/aromatic N) is 2. The highest BCUT2D eigenvalue weighted by Crippen LogP contribution is 2.28. The summed E-state index contributed by atoms with van der Waals surface area (Å²) in [5.41, 5.74) is 8.84. The van der Waals surface area contributed by atoms with Crippen molar-refractivity contribution < 1.29 is 14.3 Å². The van der Waals surface area contributed by atoms with Crippen LogP contribution in [0, 0.1) is 19.8 Å². The maximum atomic E-state index is 13.1. The molecule has 154 valence electrons. The first kappa shape index (κ1) is 20.8. The molecule has 2 aromatic rings. The Hall–Kier alpha value is -2.89. The van der Waals surface area contributed by atoms with Crippen LogP contribution in [0.15, 0.2) is 36.7 Å². The Morgan fingerprint density at radius 1 is 1.28 bits per heavy atom. The minimum atomic E-state index is -0.276. The summed E-state index contributed by atoms with van der Waals surface area (Å²) < 4.78 is 6.00. The first-order chi connectivity index (χ1) is 13.9. The zero-order valence-corrected chi connectivity index (χ0v) is 17.2. The summed E-state index contributed by atoms with van der Waals surface area (Å²) in [7, 11) is 0. The van der Waals surface area contributed by atoms with E-state index in [4.69, 9.17) is 10.5 Å². The summed E-state index contributed by atoms with van der Waals surface area (Å²) >= 11 is 0. The van der Waals surface area contributed by atoms with Crippen molar-refractivity contribution in [2.45, 2.75) is 46.1 Å². The van der Waals surface area contributed by atoms with E-state index in [-0.39, 0.29) is 11.8 Å². The van der Waals surface area contributed by atoms with E-state index in [1.807, 2.05) is 43.0 Å². The average molecular weight is 396 g/mol. The van der Waals surface area contributed by atoms with Gasteiger partial charge in [-0.05, 0) is 68.4 Å². The van der Waals surface area contributed by atoms with E-state index in [1.165, 1.54) is 0 Å². The van der Waals surface area contributed by atoms with Gasteiger partial charge >= 0.3 is 0 Å². The Balaban J connectivity index is 1.67. The SMILES string of the molecule is Cc1cc(C(=O)N2CCCC(CCC(N)=O)C2)cc(C)c1OCc1cccnc1. The molecule has 3 rings (SSSR count). The summed E-state index contributed by atoms with van der Waals surface area (Å²) in [6.07, 6.45) is 6.65. The maximum absolute atomic E-state index is 13.1. The van der Waals surface area contributed by atoms with Crippen molar-refractivity contribution in [3.8, 4) is 5.75 Å². The van der Waals surface area contributed by atoms with Crippen molar-refractivity contribution >= 4 is 11.8 Å². The molecule has 1 aromatic carbocycles. The second-order valence-corrected chi connectivity index (χ2v) is 7.85. The van der Waals surface area contributed by atoms with Gasteiger partial charge in [0.1, 0.15) is 12.4 Å². The van der Waals surface area contributed by atoms with Crippen molar-refractivity contribution in [2.24, 2.45) is 11.7 Å². The van der Waals surface area contributed by atoms with Crippen molar-refractivity contribution in [3.63, 3.8) is 0 Å². The normalized spacial score (nSPS) is 16.5. The van der Waals surface area contributed by atoms with Crippen LogP contribution in [0.1, 0.15) is 52.7 Å². The van der Waals surface area contributed by atoms with Gasteiger partial charge in [-0.1, -0.05) is 6.07 Å². The largest absolute Gasteiger partial charge is 0.488 e. The molecule has 2 amide bonds. The number of ether oxygens (including phenoxy) is 1. The van der Waals surface area contributed by atoms with Gasteiger partial charge in [0.15, 0.2) is 0 Å². The van der Waals surface area contributed by atoms with Gasteiger partial charge in [0, 0.05) is 43.0 Å². The molecular weight excluding hydrogens is 366 g/mol. The molecule has 2 heterocycles. The molecule has 2 N–H and O–H groups in total. The Kier molecular flexibility index (Phi) is 6.86. The lowest BCUT2D eigenvalue weighted by Crippen LogP contribution is -2.40. The topological polar surface area (TPSA) is 85.5 Å². The summed E-state index contributed by atoms with van der Waals surface area (Å²) in [6.45, 7) is 5.81. The van der Waals surface area contributed by atoms with Gasteiger partial charge in [0.05, 0.1) is 0 Å². The molecule has 1 aromatic heterocycles. The number of aromatic nitrogens is 1. The number of hydrogen-bond acceptors (Lipinski definition) is 4. The van der Waals surface area contributed by atoms with E-state index >= 15 is 0 Å². The Bertz CT molecular complexity index is 844. The highest BCUT2D eigenvalue weighted by molar-refractivity contribution is 5.95. The molecule has 29 heavy (non-hydrogen) atoms. The fourth-order valence-electron chi connectivity index (χ4n) is 3.95. The quantitative estimate of drug-likeness (QED) is 0.779. The molecule has 0 saturated carbocycles. The molecule has 6 nitrogen and oxygen atoms in total. The number of benzene rings is 1. The molecular formula is C23H29N3O3. The molecule has 0 bridgehead atoms. The van der Waals surface area contributed by atoms with Crippen LogP contribution in [0.25, 0.3) is 0 Å². The zero-order valence-electron chi connectivity index (χ0n) is 17.2. The molecule has 1 saturated heterocycles. The van der Waals surface area contributed by atoms with Crippen molar-refractivity contribution in [3.05, 3.63) is 58.9 Å². The smallest absolute Gasteiger partial charge is 0.253 e. The number of carbonyl (C=O) groups is 2. The number of aryl methyl sites for hydroxylation is 2. The van der Waals surface area contributed by atoms with Gasteiger partial charge in [-0.3, -0.25) is 14.6 Å². The lowest BCUT2D eigenvalue weighted by atomic mass is 9.92. The Labute approximate surface area is 172 Å². The lowest BCUT2D eigenvalue weighted by Gasteiger charge is -2.33. The number of likely N-dealkylation sites (tertiary alicyclic amines) is 1. The fourth-order valence-corrected chi connectivity index (χ4v) is 3.95. The summed E-state index contributed by atoms with van der Waals surface area (Å²) in [6, 6.07) is 7.66. The average Bonchev–Trinajstić information content (AvgIpc) is 2.72. The van der Waals surface area contributed by atoms with Gasteiger partial charge in [-0.25, -0.2) is 0 Å². The summed E-state index contributed by atoms with van der Waals surface area (Å²) in [5, 5.41) is 0. The zero-order chi connectivity index (χ0) is 20.8. The monoisotopic (exact) mass is 395 g/mol. The van der Waals surface area contributed by atoms with E-state index < -0.39 is 0 Å². The minimum absolute atomic E-state index is 0.0405. The number of nitrogens with two attached hydrogens (primary N) is 1. The second kappa shape index (κ2) is 9.54. The second-order valence-electron chi connectivity index (χ2n) is 7.85. The van der Waals surface area contributed by atoms with E-state index in [1.54, 1.807) is 12.4 Å². The van der Waals surface area contributed by atoms with E-state index in [0.717, 1.165) is 48.2 Å². The molecule has 1 fully saturated rings. The predicted molar refractivity (Wildman–Crippen MR) is 112 cm³/mol. The minimum Gasteiger partial charge on any atom is -0.488 e. The van der Waals surface area contributed by atoms with Gasteiger partial charge in [-0.2, -0.15) is 0 Å². The predicted octanol–water partition coefficient (Wildman–Crippen LogP) is 3.40. The number of amides is 2. The third-order valence-corrected chi connectivity index (χ3v) is 5.42. The fraction of sp³-hybridized carbons (Fsp3) is 0.435. The standard InChI is InChI=1S/C23H29N3O3/c1-16-11-20(12-17(2)22(16)29-15-19-5-3-9-25-13-19)23(28)26-10-4-6-18(14-26)7-8-21(24)27/h3,5,9,11-13,18H,4,6-8,10,14-15H2,1-2H3,(H2,24,27). The van der Waals surface area contributed by atoms with Crippen LogP contribution in [-0.4, -0.2) is 34.8 Å². The van der Waals surface area contributed by atoms with Crippen LogP contribution in [0.5, 0.6) is 5.75 Å². The number of hydrogen-bond donors (Lipinski definition) is 1. The van der Waals surface area contributed by atoms with Gasteiger partial charge in [-0.15, -0.1) is 0 Å². The summed E-state index contributed by atoms with van der Waals surface area (Å²) in [5.74, 6) is 0.910. The molecule has 0 aliphatic carbocycles. The molecule has 1 aliphatic heterocycles. The van der Waals surface area contributed by atoms with E-state index in [2.05, 4.69) is 4.98 Å². The van der Waals surface area contributed by atoms with E-state index in [0.29, 0.717) is 31.1 Å². The Morgan fingerprint density at radius 2 is 2.03 bits per heavy atom. The lowest BCUT2D eigenvalue weighted by molar-refractivity contribution is -0.118. The number of piperidine rings is 1. The number of primary amides is 1. The van der Waals surface area contributed by atoms with Crippen LogP contribution < -0.4 is 10.5 Å². The highest BCUT2D eigenvalue weighted by atomic mass is 16.5. The first-order valence-corrected chi connectivity index (χ1v) is 10.1. The molecule has 0 radical (unpaired) electrons. The third kappa shape index (κ3) is 5.56.